The summed E-state index contributed by atoms with van der Waals surface area (Å²) in [5.41, 5.74) is 0.0679. The molecule has 0 amide bonds. The van der Waals surface area contributed by atoms with Gasteiger partial charge in [0.05, 0.1) is 18.6 Å². The molecule has 102 valence electrons. The lowest BCUT2D eigenvalue weighted by Crippen LogP contribution is -2.25. The molecule has 1 aliphatic rings. The summed E-state index contributed by atoms with van der Waals surface area (Å²) in [5, 5.41) is 20.3. The number of aliphatic hydroxyl groups excluding tert-OH is 1. The van der Waals surface area contributed by atoms with Crippen molar-refractivity contribution in [3.63, 3.8) is 0 Å². The van der Waals surface area contributed by atoms with E-state index in [1.165, 1.54) is 0 Å². The van der Waals surface area contributed by atoms with Gasteiger partial charge < -0.3 is 9.84 Å². The first kappa shape index (κ1) is 13.9. The Morgan fingerprint density at radius 1 is 1.53 bits per heavy atom. The van der Waals surface area contributed by atoms with Crippen LogP contribution < -0.4 is 4.74 Å². The molecular weight excluding hydrogens is 238 g/mol. The molecule has 0 heterocycles. The minimum atomic E-state index is -0.773. The number of aliphatic hydroxyl groups is 1. The minimum Gasteiger partial charge on any atom is -0.496 e. The smallest absolute Gasteiger partial charge is 0.124 e. The Labute approximate surface area is 114 Å². The highest BCUT2D eigenvalue weighted by Crippen LogP contribution is 2.51. The molecular formula is C16H21NO2. The normalized spacial score (nSPS) is 27.8. The molecule has 0 bridgehead atoms. The third-order valence-corrected chi connectivity index (χ3v) is 4.41. The molecule has 1 aromatic carbocycles. The number of nitriles is 1. The number of ether oxygens (including phenoxy) is 1. The summed E-state index contributed by atoms with van der Waals surface area (Å²) in [6.07, 6.45) is 2.86. The van der Waals surface area contributed by atoms with Crippen molar-refractivity contribution in [1.29, 1.82) is 5.26 Å². The fourth-order valence-corrected chi connectivity index (χ4v) is 3.13. The fraction of sp³-hybridized carbons (Fsp3) is 0.562. The molecule has 0 saturated heterocycles. The third-order valence-electron chi connectivity index (χ3n) is 4.41. The molecule has 1 aromatic rings. The van der Waals surface area contributed by atoms with Crippen LogP contribution in [0.1, 0.15) is 44.3 Å². The Kier molecular flexibility index (Phi) is 4.11. The summed E-state index contributed by atoms with van der Waals surface area (Å²) < 4.78 is 5.30. The van der Waals surface area contributed by atoms with Crippen LogP contribution in [0.15, 0.2) is 24.3 Å². The predicted octanol–water partition coefficient (Wildman–Crippen LogP) is 3.45. The van der Waals surface area contributed by atoms with Crippen molar-refractivity contribution in [2.24, 2.45) is 11.3 Å². The molecule has 19 heavy (non-hydrogen) atoms. The standard InChI is InChI=1S/C16H21NO2/c1-3-12-8-9-16(10-12,11-17)15(18)13-6-4-5-7-14(13)19-2/h4-7,12,15,18H,3,8-10H2,1-2H3. The lowest BCUT2D eigenvalue weighted by molar-refractivity contribution is 0.0618. The van der Waals surface area contributed by atoms with E-state index in [4.69, 9.17) is 4.74 Å². The number of hydrogen-bond acceptors (Lipinski definition) is 3. The van der Waals surface area contributed by atoms with Crippen molar-refractivity contribution in [3.8, 4) is 11.8 Å². The van der Waals surface area contributed by atoms with E-state index in [2.05, 4.69) is 13.0 Å². The summed E-state index contributed by atoms with van der Waals surface area (Å²) in [7, 11) is 1.59. The second kappa shape index (κ2) is 5.63. The van der Waals surface area contributed by atoms with E-state index in [0.29, 0.717) is 11.7 Å². The van der Waals surface area contributed by atoms with E-state index in [0.717, 1.165) is 31.2 Å². The molecule has 2 rings (SSSR count). The summed E-state index contributed by atoms with van der Waals surface area (Å²) in [6.45, 7) is 2.15. The van der Waals surface area contributed by atoms with Gasteiger partial charge in [-0.15, -0.1) is 0 Å². The van der Waals surface area contributed by atoms with Crippen LogP contribution in [0.5, 0.6) is 5.75 Å². The Morgan fingerprint density at radius 2 is 2.26 bits per heavy atom. The lowest BCUT2D eigenvalue weighted by Gasteiger charge is -2.28. The van der Waals surface area contributed by atoms with E-state index < -0.39 is 11.5 Å². The first-order valence-corrected chi connectivity index (χ1v) is 6.89. The predicted molar refractivity (Wildman–Crippen MR) is 73.6 cm³/mol. The number of para-hydroxylation sites is 1. The fourth-order valence-electron chi connectivity index (χ4n) is 3.13. The molecule has 3 atom stereocenters. The average molecular weight is 259 g/mol. The SMILES string of the molecule is CCC1CCC(C#N)(C(O)c2ccccc2OC)C1. The van der Waals surface area contributed by atoms with Gasteiger partial charge in [-0.3, -0.25) is 0 Å². The van der Waals surface area contributed by atoms with Crippen LogP contribution in [-0.2, 0) is 0 Å². The largest absolute Gasteiger partial charge is 0.496 e. The molecule has 0 spiro atoms. The van der Waals surface area contributed by atoms with Gasteiger partial charge >= 0.3 is 0 Å². The van der Waals surface area contributed by atoms with Crippen LogP contribution in [-0.4, -0.2) is 12.2 Å². The van der Waals surface area contributed by atoms with E-state index in [9.17, 15) is 10.4 Å². The monoisotopic (exact) mass is 259 g/mol. The molecule has 3 heteroatoms. The van der Waals surface area contributed by atoms with E-state index in [-0.39, 0.29) is 0 Å². The highest BCUT2D eigenvalue weighted by Gasteiger charge is 2.45. The number of nitrogens with zero attached hydrogens (tertiary/aromatic N) is 1. The van der Waals surface area contributed by atoms with E-state index >= 15 is 0 Å². The van der Waals surface area contributed by atoms with Crippen LogP contribution >= 0.6 is 0 Å². The van der Waals surface area contributed by atoms with Crippen LogP contribution in [0.4, 0.5) is 0 Å². The number of benzene rings is 1. The highest BCUT2D eigenvalue weighted by molar-refractivity contribution is 5.37. The highest BCUT2D eigenvalue weighted by atomic mass is 16.5. The van der Waals surface area contributed by atoms with Crippen molar-refractivity contribution < 1.29 is 9.84 Å². The molecule has 1 aliphatic carbocycles. The van der Waals surface area contributed by atoms with Gasteiger partial charge in [0.2, 0.25) is 0 Å². The van der Waals surface area contributed by atoms with Gasteiger partial charge in [-0.05, 0) is 31.2 Å². The van der Waals surface area contributed by atoms with Crippen LogP contribution in [0.2, 0.25) is 0 Å². The van der Waals surface area contributed by atoms with Crippen molar-refractivity contribution in [1.82, 2.24) is 0 Å². The average Bonchev–Trinajstić information content (AvgIpc) is 2.91. The maximum atomic E-state index is 10.7. The van der Waals surface area contributed by atoms with Gasteiger partial charge in [0.15, 0.2) is 0 Å². The minimum absolute atomic E-state index is 0.545. The quantitative estimate of drug-likeness (QED) is 0.901. The molecule has 3 unspecified atom stereocenters. The molecule has 3 nitrogen and oxygen atoms in total. The summed E-state index contributed by atoms with van der Waals surface area (Å²) in [5.74, 6) is 1.20. The van der Waals surface area contributed by atoms with Crippen LogP contribution in [0, 0.1) is 22.7 Å². The summed E-state index contributed by atoms with van der Waals surface area (Å²) in [4.78, 5) is 0. The van der Waals surface area contributed by atoms with E-state index in [1.807, 2.05) is 24.3 Å². The number of methoxy groups -OCH3 is 1. The zero-order valence-electron chi connectivity index (χ0n) is 11.6. The second-order valence-corrected chi connectivity index (χ2v) is 5.43. The molecule has 0 aliphatic heterocycles. The van der Waals surface area contributed by atoms with Gasteiger partial charge in [0, 0.05) is 5.56 Å². The number of rotatable bonds is 4. The third kappa shape index (κ3) is 2.46. The maximum absolute atomic E-state index is 10.7. The summed E-state index contributed by atoms with van der Waals surface area (Å²) >= 11 is 0. The zero-order chi connectivity index (χ0) is 13.9. The second-order valence-electron chi connectivity index (χ2n) is 5.43. The molecule has 1 fully saturated rings. The van der Waals surface area contributed by atoms with Gasteiger partial charge in [0.25, 0.3) is 0 Å². The first-order chi connectivity index (χ1) is 9.16. The Balaban J connectivity index is 2.32. The molecule has 0 radical (unpaired) electrons. The van der Waals surface area contributed by atoms with Crippen molar-refractivity contribution in [3.05, 3.63) is 29.8 Å². The van der Waals surface area contributed by atoms with Gasteiger partial charge in [-0.25, -0.2) is 0 Å². The van der Waals surface area contributed by atoms with Crippen molar-refractivity contribution in [2.75, 3.05) is 7.11 Å². The van der Waals surface area contributed by atoms with Gasteiger partial charge in [-0.1, -0.05) is 31.5 Å². The molecule has 1 saturated carbocycles. The van der Waals surface area contributed by atoms with Gasteiger partial charge in [0.1, 0.15) is 11.9 Å². The van der Waals surface area contributed by atoms with Crippen LogP contribution in [0.3, 0.4) is 0 Å². The van der Waals surface area contributed by atoms with Crippen molar-refractivity contribution >= 4 is 0 Å². The lowest BCUT2D eigenvalue weighted by atomic mass is 9.77. The number of hydrogen-bond donors (Lipinski definition) is 1. The first-order valence-electron chi connectivity index (χ1n) is 6.89. The Morgan fingerprint density at radius 3 is 2.84 bits per heavy atom. The van der Waals surface area contributed by atoms with E-state index in [1.54, 1.807) is 7.11 Å². The zero-order valence-corrected chi connectivity index (χ0v) is 11.6. The Hall–Kier alpha value is -1.53. The maximum Gasteiger partial charge on any atom is 0.124 e. The molecule has 1 N–H and O–H groups in total. The molecule has 0 aromatic heterocycles. The van der Waals surface area contributed by atoms with Gasteiger partial charge in [-0.2, -0.15) is 5.26 Å². The Bertz CT molecular complexity index is 480. The summed E-state index contributed by atoms with van der Waals surface area (Å²) in [6, 6.07) is 9.81. The van der Waals surface area contributed by atoms with Crippen LogP contribution in [0.25, 0.3) is 0 Å². The van der Waals surface area contributed by atoms with Crippen molar-refractivity contribution in [2.45, 2.75) is 38.7 Å². The topological polar surface area (TPSA) is 53.2 Å².